The molecule has 2 N–H and O–H groups in total. The lowest BCUT2D eigenvalue weighted by Crippen LogP contribution is -2.13. The van der Waals surface area contributed by atoms with Gasteiger partial charge in [-0.1, -0.05) is 6.07 Å². The van der Waals surface area contributed by atoms with E-state index in [1.165, 1.54) is 24.4 Å². The molecule has 1 heterocycles. The van der Waals surface area contributed by atoms with Crippen molar-refractivity contribution in [2.45, 2.75) is 0 Å². The van der Waals surface area contributed by atoms with Crippen molar-refractivity contribution in [1.29, 1.82) is 0 Å². The summed E-state index contributed by atoms with van der Waals surface area (Å²) in [6.45, 7) is 0. The van der Waals surface area contributed by atoms with E-state index in [9.17, 15) is 24.4 Å². The number of amides is 1. The molecular formula is C12H8FN3O4. The first-order valence-electron chi connectivity index (χ1n) is 5.38. The number of nitrogens with zero attached hydrogens (tertiary/aromatic N) is 2. The number of hydrogen-bond acceptors (Lipinski definition) is 5. The molecule has 0 spiro atoms. The summed E-state index contributed by atoms with van der Waals surface area (Å²) in [4.78, 5) is 25.2. The molecular weight excluding hydrogens is 269 g/mol. The Hall–Kier alpha value is -3.03. The van der Waals surface area contributed by atoms with Crippen LogP contribution in [-0.2, 0) is 0 Å². The Bertz CT molecular complexity index is 690. The number of phenolic OH excluding ortho intramolecular Hbond substituents is 1. The first-order valence-corrected chi connectivity index (χ1v) is 5.38. The summed E-state index contributed by atoms with van der Waals surface area (Å²) >= 11 is 0. The zero-order valence-corrected chi connectivity index (χ0v) is 9.91. The molecule has 0 unspecified atom stereocenters. The minimum Gasteiger partial charge on any atom is -0.502 e. The van der Waals surface area contributed by atoms with Gasteiger partial charge in [0.25, 0.3) is 5.91 Å². The molecule has 0 bridgehead atoms. The molecule has 0 aliphatic heterocycles. The van der Waals surface area contributed by atoms with E-state index >= 15 is 0 Å². The second-order valence-electron chi connectivity index (χ2n) is 3.74. The number of hydrogen-bond donors (Lipinski definition) is 2. The molecule has 0 radical (unpaired) electrons. The van der Waals surface area contributed by atoms with Crippen LogP contribution in [0.4, 0.5) is 15.8 Å². The van der Waals surface area contributed by atoms with Crippen molar-refractivity contribution in [3.05, 3.63) is 58.2 Å². The topological polar surface area (TPSA) is 105 Å². The molecule has 7 nitrogen and oxygen atoms in total. The second-order valence-corrected chi connectivity index (χ2v) is 3.74. The lowest BCUT2D eigenvalue weighted by atomic mass is 10.1. The van der Waals surface area contributed by atoms with E-state index in [0.29, 0.717) is 0 Å². The zero-order chi connectivity index (χ0) is 14.7. The van der Waals surface area contributed by atoms with Gasteiger partial charge in [-0.05, 0) is 12.1 Å². The number of carbonyl (C=O) groups is 1. The van der Waals surface area contributed by atoms with E-state index in [1.807, 2.05) is 0 Å². The van der Waals surface area contributed by atoms with Crippen LogP contribution in [0.2, 0.25) is 0 Å². The number of benzene rings is 1. The fourth-order valence-corrected chi connectivity index (χ4v) is 1.53. The molecule has 1 aromatic heterocycles. The molecule has 0 fully saturated rings. The van der Waals surface area contributed by atoms with Crippen LogP contribution in [0.3, 0.4) is 0 Å². The van der Waals surface area contributed by atoms with Gasteiger partial charge in [0.05, 0.1) is 22.4 Å². The monoisotopic (exact) mass is 277 g/mol. The van der Waals surface area contributed by atoms with E-state index in [-0.39, 0.29) is 11.3 Å². The normalized spacial score (nSPS) is 10.1. The number of phenols is 1. The predicted octanol–water partition coefficient (Wildman–Crippen LogP) is 2.09. The molecule has 0 atom stereocenters. The number of aromatic hydroxyl groups is 1. The Balaban J connectivity index is 2.33. The molecule has 0 aliphatic rings. The summed E-state index contributed by atoms with van der Waals surface area (Å²) in [6, 6.07) is 4.72. The highest BCUT2D eigenvalue weighted by Gasteiger charge is 2.21. The maximum Gasteiger partial charge on any atom is 0.311 e. The SMILES string of the molecule is O=C(Nc1ccncc1F)c1cccc([N+](=O)[O-])c1O. The smallest absolute Gasteiger partial charge is 0.311 e. The van der Waals surface area contributed by atoms with Crippen LogP contribution in [-0.4, -0.2) is 20.9 Å². The number of para-hydroxylation sites is 1. The standard InChI is InChI=1S/C12H8FN3O4/c13-8-6-14-5-4-9(8)15-12(18)7-2-1-3-10(11(7)17)16(19)20/h1-6,17H,(H,14,15,18). The van der Waals surface area contributed by atoms with Crippen molar-refractivity contribution in [3.63, 3.8) is 0 Å². The van der Waals surface area contributed by atoms with Crippen LogP contribution in [0.1, 0.15) is 10.4 Å². The first kappa shape index (κ1) is 13.4. The Labute approximate surface area is 111 Å². The van der Waals surface area contributed by atoms with Crippen molar-refractivity contribution >= 4 is 17.3 Å². The predicted molar refractivity (Wildman–Crippen MR) is 66.9 cm³/mol. The summed E-state index contributed by atoms with van der Waals surface area (Å²) in [6.07, 6.45) is 2.18. The Morgan fingerprint density at radius 3 is 2.80 bits per heavy atom. The number of aromatic nitrogens is 1. The lowest BCUT2D eigenvalue weighted by molar-refractivity contribution is -0.385. The third kappa shape index (κ3) is 2.53. The maximum absolute atomic E-state index is 13.3. The third-order valence-corrected chi connectivity index (χ3v) is 2.48. The largest absolute Gasteiger partial charge is 0.502 e. The van der Waals surface area contributed by atoms with Crippen molar-refractivity contribution in [2.75, 3.05) is 5.32 Å². The Morgan fingerprint density at radius 1 is 1.40 bits per heavy atom. The summed E-state index contributed by atoms with van der Waals surface area (Å²) < 4.78 is 13.3. The molecule has 0 saturated heterocycles. The number of pyridine rings is 1. The van der Waals surface area contributed by atoms with Gasteiger partial charge in [-0.25, -0.2) is 4.39 Å². The first-order chi connectivity index (χ1) is 9.50. The molecule has 8 heteroatoms. The number of nitrogens with one attached hydrogen (secondary N) is 1. The van der Waals surface area contributed by atoms with Crippen LogP contribution in [0.5, 0.6) is 5.75 Å². The van der Waals surface area contributed by atoms with Gasteiger partial charge < -0.3 is 10.4 Å². The molecule has 1 amide bonds. The summed E-state index contributed by atoms with van der Waals surface area (Å²) in [5.41, 5.74) is -1.07. The Kier molecular flexibility index (Phi) is 3.56. The molecule has 102 valence electrons. The molecule has 2 rings (SSSR count). The highest BCUT2D eigenvalue weighted by molar-refractivity contribution is 6.06. The average molecular weight is 277 g/mol. The highest BCUT2D eigenvalue weighted by atomic mass is 19.1. The van der Waals surface area contributed by atoms with Gasteiger partial charge in [-0.3, -0.25) is 19.9 Å². The van der Waals surface area contributed by atoms with Crippen LogP contribution in [0.25, 0.3) is 0 Å². The van der Waals surface area contributed by atoms with E-state index in [4.69, 9.17) is 0 Å². The summed E-state index contributed by atoms with van der Waals surface area (Å²) in [7, 11) is 0. The number of carbonyl (C=O) groups excluding carboxylic acids is 1. The van der Waals surface area contributed by atoms with Gasteiger partial charge in [0, 0.05) is 12.3 Å². The van der Waals surface area contributed by atoms with Gasteiger partial charge in [0.15, 0.2) is 5.82 Å². The quantitative estimate of drug-likeness (QED) is 0.660. The Morgan fingerprint density at radius 2 is 2.15 bits per heavy atom. The third-order valence-electron chi connectivity index (χ3n) is 2.48. The van der Waals surface area contributed by atoms with Crippen molar-refractivity contribution in [2.24, 2.45) is 0 Å². The molecule has 0 aliphatic carbocycles. The van der Waals surface area contributed by atoms with Gasteiger partial charge in [-0.15, -0.1) is 0 Å². The van der Waals surface area contributed by atoms with Gasteiger partial charge in [-0.2, -0.15) is 0 Å². The second kappa shape index (κ2) is 5.31. The average Bonchev–Trinajstić information content (AvgIpc) is 2.41. The minimum atomic E-state index is -0.865. The minimum absolute atomic E-state index is 0.143. The number of anilines is 1. The number of halogens is 1. The maximum atomic E-state index is 13.3. The van der Waals surface area contributed by atoms with E-state index in [2.05, 4.69) is 10.3 Å². The fourth-order valence-electron chi connectivity index (χ4n) is 1.53. The fraction of sp³-hybridized carbons (Fsp3) is 0. The molecule has 2 aromatic rings. The molecule has 1 aromatic carbocycles. The highest BCUT2D eigenvalue weighted by Crippen LogP contribution is 2.29. The van der Waals surface area contributed by atoms with E-state index in [0.717, 1.165) is 12.3 Å². The van der Waals surface area contributed by atoms with Crippen LogP contribution >= 0.6 is 0 Å². The van der Waals surface area contributed by atoms with E-state index in [1.54, 1.807) is 0 Å². The summed E-state index contributed by atoms with van der Waals surface area (Å²) in [5, 5.41) is 22.5. The number of nitro benzene ring substituents is 1. The van der Waals surface area contributed by atoms with Crippen LogP contribution in [0, 0.1) is 15.9 Å². The molecule has 0 saturated carbocycles. The number of nitro groups is 1. The summed E-state index contributed by atoms with van der Waals surface area (Å²) in [5.74, 6) is -2.40. The zero-order valence-electron chi connectivity index (χ0n) is 9.91. The van der Waals surface area contributed by atoms with Gasteiger partial charge in [0.1, 0.15) is 0 Å². The van der Waals surface area contributed by atoms with Crippen molar-refractivity contribution in [3.8, 4) is 5.75 Å². The van der Waals surface area contributed by atoms with Crippen molar-refractivity contribution in [1.82, 2.24) is 4.98 Å². The van der Waals surface area contributed by atoms with Crippen molar-refractivity contribution < 1.29 is 19.2 Å². The van der Waals surface area contributed by atoms with Crippen LogP contribution < -0.4 is 5.32 Å². The van der Waals surface area contributed by atoms with Gasteiger partial charge in [0.2, 0.25) is 5.75 Å². The van der Waals surface area contributed by atoms with Crippen LogP contribution in [0.15, 0.2) is 36.7 Å². The molecule has 20 heavy (non-hydrogen) atoms. The number of rotatable bonds is 3. The van der Waals surface area contributed by atoms with Gasteiger partial charge >= 0.3 is 5.69 Å². The van der Waals surface area contributed by atoms with E-state index < -0.39 is 28.1 Å². The lowest BCUT2D eigenvalue weighted by Gasteiger charge is -2.07.